The molecule has 0 fully saturated rings. The maximum atomic E-state index is 14.1. The van der Waals surface area contributed by atoms with E-state index in [4.69, 9.17) is 0 Å². The first-order valence-corrected chi connectivity index (χ1v) is 11.3. The number of benzene rings is 1. The summed E-state index contributed by atoms with van der Waals surface area (Å²) in [6.45, 7) is 8.93. The van der Waals surface area contributed by atoms with Crippen molar-refractivity contribution in [3.63, 3.8) is 0 Å². The maximum absolute atomic E-state index is 14.1. The SMILES string of the molecule is C/C=C(\N=C(C)NC(=O)C(C)(C)C)Nc1cc(C(=O)Nc2cncc(-c3ccccc3F)c2)ccn1. The Labute approximate surface area is 209 Å². The first-order chi connectivity index (χ1) is 17.1. The van der Waals surface area contributed by atoms with Crippen LogP contribution in [-0.4, -0.2) is 27.6 Å². The minimum Gasteiger partial charge on any atom is -0.325 e. The Balaban J connectivity index is 1.72. The van der Waals surface area contributed by atoms with E-state index in [1.165, 1.54) is 24.7 Å². The third kappa shape index (κ3) is 7.05. The molecule has 9 heteroatoms. The largest absolute Gasteiger partial charge is 0.325 e. The average molecular weight is 489 g/mol. The lowest BCUT2D eigenvalue weighted by atomic mass is 9.96. The molecule has 0 saturated carbocycles. The number of halogens is 1. The van der Waals surface area contributed by atoms with E-state index in [0.717, 1.165) is 0 Å². The molecule has 8 nitrogen and oxygen atoms in total. The van der Waals surface area contributed by atoms with Gasteiger partial charge in [0.15, 0.2) is 0 Å². The number of nitrogens with zero attached hydrogens (tertiary/aromatic N) is 3. The van der Waals surface area contributed by atoms with Crippen molar-refractivity contribution in [3.8, 4) is 11.1 Å². The lowest BCUT2D eigenvalue weighted by molar-refractivity contribution is -0.126. The number of carbonyl (C=O) groups excluding carboxylic acids is 2. The third-order valence-corrected chi connectivity index (χ3v) is 5.00. The zero-order valence-electron chi connectivity index (χ0n) is 20.9. The summed E-state index contributed by atoms with van der Waals surface area (Å²) in [5.74, 6) is 0.368. The Morgan fingerprint density at radius 3 is 2.50 bits per heavy atom. The van der Waals surface area contributed by atoms with Gasteiger partial charge >= 0.3 is 0 Å². The van der Waals surface area contributed by atoms with E-state index >= 15 is 0 Å². The Kier molecular flexibility index (Phi) is 8.26. The Hall–Kier alpha value is -4.40. The van der Waals surface area contributed by atoms with E-state index < -0.39 is 5.41 Å². The summed E-state index contributed by atoms with van der Waals surface area (Å²) in [5.41, 5.74) is 1.17. The molecule has 3 rings (SSSR count). The standard InChI is InChI=1S/C27H29FN6O2/c1-6-23(31-17(2)32-26(36)27(3,4)5)34-24-14-18(11-12-30-24)25(35)33-20-13-19(15-29-16-20)21-9-7-8-10-22(21)28/h6-16H,1-5H3,(H,30,34)(H,33,35)(H,31,32,36)/b23-6+. The van der Waals surface area contributed by atoms with Crippen molar-refractivity contribution < 1.29 is 14.0 Å². The summed E-state index contributed by atoms with van der Waals surface area (Å²) >= 11 is 0. The maximum Gasteiger partial charge on any atom is 0.255 e. The number of aromatic nitrogens is 2. The zero-order chi connectivity index (χ0) is 26.3. The predicted octanol–water partition coefficient (Wildman–Crippen LogP) is 5.39. The molecule has 3 aromatic rings. The van der Waals surface area contributed by atoms with Crippen molar-refractivity contribution >= 4 is 29.2 Å². The van der Waals surface area contributed by atoms with Crippen molar-refractivity contribution in [2.24, 2.45) is 10.4 Å². The van der Waals surface area contributed by atoms with Gasteiger partial charge in [0, 0.05) is 34.5 Å². The summed E-state index contributed by atoms with van der Waals surface area (Å²) in [5, 5.41) is 8.59. The highest BCUT2D eigenvalue weighted by Gasteiger charge is 2.21. The summed E-state index contributed by atoms with van der Waals surface area (Å²) in [6, 6.07) is 11.2. The minimum absolute atomic E-state index is 0.149. The summed E-state index contributed by atoms with van der Waals surface area (Å²) < 4.78 is 14.1. The van der Waals surface area contributed by atoms with Gasteiger partial charge in [-0.1, -0.05) is 39.0 Å². The van der Waals surface area contributed by atoms with Crippen LogP contribution in [0, 0.1) is 11.2 Å². The number of amidine groups is 1. The van der Waals surface area contributed by atoms with Crippen LogP contribution >= 0.6 is 0 Å². The summed E-state index contributed by atoms with van der Waals surface area (Å²) in [6.07, 6.45) is 6.25. The smallest absolute Gasteiger partial charge is 0.255 e. The number of pyridine rings is 2. The third-order valence-electron chi connectivity index (χ3n) is 5.00. The monoisotopic (exact) mass is 488 g/mol. The molecule has 0 unspecified atom stereocenters. The van der Waals surface area contributed by atoms with Crippen LogP contribution in [0.2, 0.25) is 0 Å². The Morgan fingerprint density at radius 1 is 1.06 bits per heavy atom. The van der Waals surface area contributed by atoms with E-state index in [1.807, 2.05) is 20.8 Å². The van der Waals surface area contributed by atoms with Gasteiger partial charge in [-0.05, 0) is 44.2 Å². The van der Waals surface area contributed by atoms with Gasteiger partial charge in [-0.3, -0.25) is 14.6 Å². The molecule has 0 atom stereocenters. The fraction of sp³-hybridized carbons (Fsp3) is 0.222. The number of aliphatic imine (C=N–C) groups is 1. The molecule has 3 N–H and O–H groups in total. The Morgan fingerprint density at radius 2 is 1.81 bits per heavy atom. The van der Waals surface area contributed by atoms with Gasteiger partial charge in [0.05, 0.1) is 11.9 Å². The molecule has 36 heavy (non-hydrogen) atoms. The van der Waals surface area contributed by atoms with Crippen LogP contribution in [0.15, 0.2) is 77.9 Å². The second kappa shape index (κ2) is 11.4. The van der Waals surface area contributed by atoms with Gasteiger partial charge < -0.3 is 16.0 Å². The molecule has 1 aromatic carbocycles. The van der Waals surface area contributed by atoms with Crippen molar-refractivity contribution in [1.29, 1.82) is 0 Å². The number of amides is 2. The molecule has 186 valence electrons. The predicted molar refractivity (Wildman–Crippen MR) is 140 cm³/mol. The molecule has 2 heterocycles. The van der Waals surface area contributed by atoms with Crippen molar-refractivity contribution in [3.05, 3.63) is 84.3 Å². The van der Waals surface area contributed by atoms with Gasteiger partial charge in [-0.15, -0.1) is 0 Å². The number of hydrogen-bond donors (Lipinski definition) is 3. The molecule has 2 aromatic heterocycles. The van der Waals surface area contributed by atoms with Crippen LogP contribution in [0.1, 0.15) is 45.0 Å². The number of anilines is 2. The molecule has 0 radical (unpaired) electrons. The van der Waals surface area contributed by atoms with Crippen LogP contribution < -0.4 is 16.0 Å². The highest BCUT2D eigenvalue weighted by molar-refractivity contribution is 6.05. The Bertz CT molecular complexity index is 1330. The number of hydrogen-bond acceptors (Lipinski definition) is 6. The van der Waals surface area contributed by atoms with Crippen LogP contribution in [0.3, 0.4) is 0 Å². The number of carbonyl (C=O) groups is 2. The van der Waals surface area contributed by atoms with Crippen LogP contribution in [0.4, 0.5) is 15.9 Å². The quantitative estimate of drug-likeness (QED) is 0.319. The van der Waals surface area contributed by atoms with Crippen LogP contribution in [0.5, 0.6) is 0 Å². The number of allylic oxidation sites excluding steroid dienone is 1. The van der Waals surface area contributed by atoms with Crippen molar-refractivity contribution in [2.45, 2.75) is 34.6 Å². The van der Waals surface area contributed by atoms with Gasteiger partial charge in [0.25, 0.3) is 5.91 Å². The highest BCUT2D eigenvalue weighted by atomic mass is 19.1. The van der Waals surface area contributed by atoms with Gasteiger partial charge in [0.1, 0.15) is 23.3 Å². The topological polar surface area (TPSA) is 108 Å². The average Bonchev–Trinajstić information content (AvgIpc) is 2.83. The molecular weight excluding hydrogens is 459 g/mol. The highest BCUT2D eigenvalue weighted by Crippen LogP contribution is 2.24. The van der Waals surface area contributed by atoms with E-state index in [1.54, 1.807) is 56.3 Å². The fourth-order valence-electron chi connectivity index (χ4n) is 3.05. The fourth-order valence-corrected chi connectivity index (χ4v) is 3.05. The van der Waals surface area contributed by atoms with Crippen molar-refractivity contribution in [2.75, 3.05) is 10.6 Å². The number of rotatable bonds is 6. The lowest BCUT2D eigenvalue weighted by Crippen LogP contribution is -2.37. The van der Waals surface area contributed by atoms with E-state index in [0.29, 0.717) is 39.9 Å². The number of nitrogens with one attached hydrogen (secondary N) is 3. The normalized spacial score (nSPS) is 12.2. The zero-order valence-corrected chi connectivity index (χ0v) is 20.9. The van der Waals surface area contributed by atoms with Crippen LogP contribution in [-0.2, 0) is 4.79 Å². The van der Waals surface area contributed by atoms with Gasteiger partial charge in [-0.25, -0.2) is 14.4 Å². The molecular formula is C27H29FN6O2. The molecule has 0 spiro atoms. The lowest BCUT2D eigenvalue weighted by Gasteiger charge is -2.17. The first kappa shape index (κ1) is 26.2. The molecule has 0 bridgehead atoms. The summed E-state index contributed by atoms with van der Waals surface area (Å²) in [4.78, 5) is 37.8. The second-order valence-corrected chi connectivity index (χ2v) is 9.03. The van der Waals surface area contributed by atoms with Crippen molar-refractivity contribution in [1.82, 2.24) is 15.3 Å². The van der Waals surface area contributed by atoms with Gasteiger partial charge in [0.2, 0.25) is 5.91 Å². The minimum atomic E-state index is -0.548. The first-order valence-electron chi connectivity index (χ1n) is 11.3. The summed E-state index contributed by atoms with van der Waals surface area (Å²) in [7, 11) is 0. The van der Waals surface area contributed by atoms with E-state index in [9.17, 15) is 14.0 Å². The molecule has 0 aliphatic rings. The van der Waals surface area contributed by atoms with Crippen LogP contribution in [0.25, 0.3) is 11.1 Å². The van der Waals surface area contributed by atoms with Gasteiger partial charge in [-0.2, -0.15) is 0 Å². The molecule has 0 aliphatic carbocycles. The molecule has 0 saturated heterocycles. The molecule has 0 aliphatic heterocycles. The van der Waals surface area contributed by atoms with E-state index in [-0.39, 0.29) is 17.6 Å². The van der Waals surface area contributed by atoms with E-state index in [2.05, 4.69) is 30.9 Å². The molecule has 2 amide bonds. The second-order valence-electron chi connectivity index (χ2n) is 9.03.